The Morgan fingerprint density at radius 1 is 0.556 bits per heavy atom. The molecule has 0 heterocycles. The third-order valence-electron chi connectivity index (χ3n) is 3.91. The molecule has 0 radical (unpaired) electrons. The second-order valence-corrected chi connectivity index (χ2v) is 14.3. The van der Waals surface area contributed by atoms with Gasteiger partial charge in [0.25, 0.3) is 0 Å². The Bertz CT molecular complexity index is 546. The molecule has 0 saturated carbocycles. The zero-order valence-corrected chi connectivity index (χ0v) is 25.0. The van der Waals surface area contributed by atoms with Gasteiger partial charge in [-0.15, -0.1) is 0 Å². The van der Waals surface area contributed by atoms with Crippen LogP contribution in [0.15, 0.2) is 23.7 Å². The van der Waals surface area contributed by atoms with Crippen molar-refractivity contribution in [3.63, 3.8) is 0 Å². The summed E-state index contributed by atoms with van der Waals surface area (Å²) in [6.45, 7) is 23.5. The molecule has 4 nitrogen and oxygen atoms in total. The summed E-state index contributed by atoms with van der Waals surface area (Å²) in [7, 11) is 0. The molecule has 0 aromatic rings. The molecule has 0 spiro atoms. The topological polar surface area (TPSA) is 52.6 Å². The summed E-state index contributed by atoms with van der Waals surface area (Å²) in [5.41, 5.74) is -1.46. The van der Waals surface area contributed by atoms with E-state index in [1.807, 2.05) is 83.1 Å². The van der Waals surface area contributed by atoms with Gasteiger partial charge in [0.2, 0.25) is 0 Å². The van der Waals surface area contributed by atoms with E-state index in [1.54, 1.807) is 12.2 Å². The summed E-state index contributed by atoms with van der Waals surface area (Å²) in [4.78, 5) is 24.8. The van der Waals surface area contributed by atoms with Gasteiger partial charge in [0.1, 0.15) is 0 Å². The molecule has 27 heavy (non-hydrogen) atoms. The Morgan fingerprint density at radius 3 is 1.00 bits per heavy atom. The molecule has 0 saturated heterocycles. The van der Waals surface area contributed by atoms with Crippen molar-refractivity contribution in [3.05, 3.63) is 23.7 Å². The first kappa shape index (κ1) is 26.3. The molecule has 0 N–H and O–H groups in total. The summed E-state index contributed by atoms with van der Waals surface area (Å²) in [6, 6.07) is 0. The third kappa shape index (κ3) is 9.90. The second kappa shape index (κ2) is 9.23. The molecular formula is C22H40O4Pb. The molecule has 0 bridgehead atoms. The number of rotatable bonds is 6. The van der Waals surface area contributed by atoms with E-state index in [9.17, 15) is 9.59 Å². The maximum atomic E-state index is 12.4. The van der Waals surface area contributed by atoms with Crippen LogP contribution in [0.2, 0.25) is 0 Å². The summed E-state index contributed by atoms with van der Waals surface area (Å²) in [5.74, 6) is 1.41. The third-order valence-corrected chi connectivity index (χ3v) is 7.24. The fourth-order valence-electron chi connectivity index (χ4n) is 1.78. The van der Waals surface area contributed by atoms with Crippen LogP contribution in [-0.2, 0) is 15.0 Å². The van der Waals surface area contributed by atoms with Gasteiger partial charge in [-0.05, 0) is 0 Å². The maximum absolute atomic E-state index is 12.4. The zero-order valence-electron chi connectivity index (χ0n) is 19.5. The first-order valence-corrected chi connectivity index (χ1v) is 14.0. The molecule has 0 amide bonds. The van der Waals surface area contributed by atoms with Crippen LogP contribution >= 0.6 is 0 Å². The van der Waals surface area contributed by atoms with Crippen molar-refractivity contribution in [3.8, 4) is 0 Å². The summed E-state index contributed by atoms with van der Waals surface area (Å²) >= 11 is -2.30. The van der Waals surface area contributed by atoms with Crippen LogP contribution in [0.3, 0.4) is 0 Å². The standard InChI is InChI=1S/2C11H20O2.Pb.2H/c2*1-10(2,3)8(12)7-9(13)11(4,5)6;;;/h2*7,12H,1-6H3;;;/q;;+2;;/p-2. The molecule has 0 unspecified atom stereocenters. The van der Waals surface area contributed by atoms with Crippen molar-refractivity contribution >= 4 is 36.7 Å². The van der Waals surface area contributed by atoms with Gasteiger partial charge in [-0.3, -0.25) is 0 Å². The molecule has 0 fully saturated rings. The van der Waals surface area contributed by atoms with Gasteiger partial charge < -0.3 is 0 Å². The number of hydrogen-bond donors (Lipinski definition) is 0. The predicted molar refractivity (Wildman–Crippen MR) is 115 cm³/mol. The van der Waals surface area contributed by atoms with E-state index >= 15 is 0 Å². The van der Waals surface area contributed by atoms with Gasteiger partial charge in [-0.2, -0.15) is 0 Å². The molecule has 0 aromatic heterocycles. The quantitative estimate of drug-likeness (QED) is 0.251. The fourth-order valence-corrected chi connectivity index (χ4v) is 7.01. The zero-order chi connectivity index (χ0) is 21.8. The minimum absolute atomic E-state index is 0.0373. The average Bonchev–Trinajstić information content (AvgIpc) is 2.40. The van der Waals surface area contributed by atoms with Gasteiger partial charge in [0, 0.05) is 0 Å². The van der Waals surface area contributed by atoms with Crippen LogP contribution in [0.5, 0.6) is 0 Å². The molecule has 156 valence electrons. The molecule has 0 atom stereocenters. The number of carbonyl (C=O) groups excluding carboxylic acids is 2. The van der Waals surface area contributed by atoms with E-state index in [2.05, 4.69) is 0 Å². The van der Waals surface area contributed by atoms with Crippen LogP contribution < -0.4 is 0 Å². The fraction of sp³-hybridized carbons (Fsp3) is 0.727. The molecular weight excluding hydrogens is 535 g/mol. The number of hydrogen-bond acceptors (Lipinski definition) is 4. The van der Waals surface area contributed by atoms with Crippen molar-refractivity contribution in [2.24, 2.45) is 21.7 Å². The van der Waals surface area contributed by atoms with E-state index < -0.39 is 36.0 Å². The predicted octanol–water partition coefficient (Wildman–Crippen LogP) is 5.11. The van der Waals surface area contributed by atoms with Crippen LogP contribution in [0.4, 0.5) is 0 Å². The van der Waals surface area contributed by atoms with Crippen LogP contribution in [0.1, 0.15) is 83.1 Å². The first-order valence-electron chi connectivity index (χ1n) is 9.55. The Labute approximate surface area is 179 Å². The van der Waals surface area contributed by atoms with Crippen LogP contribution in [0, 0.1) is 21.7 Å². The van der Waals surface area contributed by atoms with E-state index in [0.717, 1.165) is 0 Å². The van der Waals surface area contributed by atoms with Gasteiger partial charge in [0.05, 0.1) is 0 Å². The SMILES string of the molecule is CC(C)(C)C(=O)C=C([O][PbH2][O]C(=CC(=O)C(C)(C)C)C(C)(C)C)C(C)(C)C. The minimum atomic E-state index is -2.30. The molecule has 0 aliphatic heterocycles. The Hall–Kier alpha value is -0.658. The van der Waals surface area contributed by atoms with Gasteiger partial charge >= 0.3 is 180 Å². The van der Waals surface area contributed by atoms with Crippen molar-refractivity contribution in [1.29, 1.82) is 0 Å². The van der Waals surface area contributed by atoms with Gasteiger partial charge in [-0.1, -0.05) is 0 Å². The number of ketones is 2. The molecule has 0 rings (SSSR count). The Morgan fingerprint density at radius 2 is 0.815 bits per heavy atom. The van der Waals surface area contributed by atoms with Crippen molar-refractivity contribution in [2.75, 3.05) is 0 Å². The van der Waals surface area contributed by atoms with Crippen LogP contribution in [0.25, 0.3) is 0 Å². The average molecular weight is 576 g/mol. The Balaban J connectivity index is 5.43. The van der Waals surface area contributed by atoms with Gasteiger partial charge in [-0.25, -0.2) is 0 Å². The van der Waals surface area contributed by atoms with E-state index in [4.69, 9.17) is 5.37 Å². The first-order chi connectivity index (χ1) is 11.8. The van der Waals surface area contributed by atoms with Crippen molar-refractivity contribution < 1.29 is 15.0 Å². The van der Waals surface area contributed by atoms with E-state index in [1.165, 1.54) is 0 Å². The summed E-state index contributed by atoms with van der Waals surface area (Å²) < 4.78 is 12.1. The molecule has 0 aliphatic rings. The van der Waals surface area contributed by atoms with E-state index in [-0.39, 0.29) is 22.4 Å². The van der Waals surface area contributed by atoms with Crippen LogP contribution in [-0.4, -0.2) is 36.7 Å². The monoisotopic (exact) mass is 576 g/mol. The second-order valence-electron chi connectivity index (χ2n) is 11.2. The molecule has 0 aromatic carbocycles. The molecule has 5 heteroatoms. The Kier molecular flexibility index (Phi) is 9.00. The number of allylic oxidation sites excluding steroid dienone is 4. The van der Waals surface area contributed by atoms with Crippen molar-refractivity contribution in [2.45, 2.75) is 83.1 Å². The van der Waals surface area contributed by atoms with Gasteiger partial charge in [0.15, 0.2) is 0 Å². The summed E-state index contributed by atoms with van der Waals surface area (Å²) in [5, 5.41) is 0. The number of carbonyl (C=O) groups is 2. The van der Waals surface area contributed by atoms with E-state index in [0.29, 0.717) is 11.5 Å². The normalized spacial score (nSPS) is 15.3. The van der Waals surface area contributed by atoms with Crippen molar-refractivity contribution in [1.82, 2.24) is 0 Å². The summed E-state index contributed by atoms with van der Waals surface area (Å²) in [6.07, 6.45) is 3.23. The molecule has 0 aliphatic carbocycles.